The smallest absolute Gasteiger partial charge is 0.0655 e. The molecule has 1 radical (unpaired) electrons. The van der Waals surface area contributed by atoms with Crippen LogP contribution in [0.5, 0.6) is 0 Å². The third kappa shape index (κ3) is 11.5. The molecule has 0 aromatic carbocycles. The Balaban J connectivity index is 0. The number of rotatable bonds is 2. The van der Waals surface area contributed by atoms with Crippen molar-refractivity contribution in [1.82, 2.24) is 0 Å². The number of hydrogen-bond donors (Lipinski definition) is 0. The van der Waals surface area contributed by atoms with E-state index in [1.165, 1.54) is 0 Å². The van der Waals surface area contributed by atoms with Crippen molar-refractivity contribution >= 4 is 15.6 Å². The fourth-order valence-electron chi connectivity index (χ4n) is 0.122. The molecule has 0 aliphatic rings. The predicted octanol–water partition coefficient (Wildman–Crippen LogP) is -3.34. The zero-order valence-electron chi connectivity index (χ0n) is 4.09. The van der Waals surface area contributed by atoms with Crippen molar-refractivity contribution in [3.63, 3.8) is 0 Å². The van der Waals surface area contributed by atoms with Crippen LogP contribution in [0.3, 0.4) is 0 Å². The van der Waals surface area contributed by atoms with Gasteiger partial charge in [0.2, 0.25) is 0 Å². The zero-order chi connectivity index (χ0) is 7.71. The van der Waals surface area contributed by atoms with E-state index in [2.05, 4.69) is 4.31 Å². The van der Waals surface area contributed by atoms with Gasteiger partial charge >= 0.3 is 0 Å². The third-order valence-corrected chi connectivity index (χ3v) is 1.80. The average molecular weight is 233 g/mol. The summed E-state index contributed by atoms with van der Waals surface area (Å²) < 4.78 is 21.2. The Labute approximate surface area is 66.1 Å². The molecule has 0 rings (SSSR count). The standard InChI is InChI=1S/Co.H4O7P2/c;1-8(2,3)7-9(4,5)6/h;(H2,1,2,3)(H2,4,5,6)/p-4. The van der Waals surface area contributed by atoms with Gasteiger partial charge in [0.15, 0.2) is 0 Å². The third-order valence-electron chi connectivity index (χ3n) is 0.200. The molecule has 0 N–H and O–H groups in total. The van der Waals surface area contributed by atoms with Crippen LogP contribution in [-0.4, -0.2) is 0 Å². The summed E-state index contributed by atoms with van der Waals surface area (Å²) in [6, 6.07) is 0. The fraction of sp³-hybridized carbons (Fsp3) is 0. The van der Waals surface area contributed by atoms with Crippen molar-refractivity contribution in [1.29, 1.82) is 0 Å². The molecule has 0 aromatic rings. The summed E-state index contributed by atoms with van der Waals surface area (Å²) in [4.78, 5) is 37.3. The first-order valence-corrected chi connectivity index (χ1v) is 4.38. The van der Waals surface area contributed by atoms with Gasteiger partial charge in [-0.2, -0.15) is 0 Å². The molecule has 0 bridgehead atoms. The summed E-state index contributed by atoms with van der Waals surface area (Å²) in [5.41, 5.74) is 0. The van der Waals surface area contributed by atoms with Gasteiger partial charge in [-0.3, -0.25) is 0 Å². The quantitative estimate of drug-likeness (QED) is 0.454. The van der Waals surface area contributed by atoms with Gasteiger partial charge in [-0.05, 0) is 0 Å². The Morgan fingerprint density at radius 2 is 1.10 bits per heavy atom. The van der Waals surface area contributed by atoms with Gasteiger partial charge in [0.25, 0.3) is 0 Å². The van der Waals surface area contributed by atoms with Gasteiger partial charge in [0.05, 0.1) is 15.6 Å². The van der Waals surface area contributed by atoms with E-state index in [-0.39, 0.29) is 16.8 Å². The Morgan fingerprint density at radius 3 is 1.10 bits per heavy atom. The first-order chi connectivity index (χ1) is 3.71. The van der Waals surface area contributed by atoms with Crippen LogP contribution in [0.4, 0.5) is 0 Å². The summed E-state index contributed by atoms with van der Waals surface area (Å²) in [6.07, 6.45) is 0. The molecule has 10 heavy (non-hydrogen) atoms. The van der Waals surface area contributed by atoms with Crippen molar-refractivity contribution in [3.8, 4) is 0 Å². The largest absolute Gasteiger partial charge is 0.790 e. The van der Waals surface area contributed by atoms with E-state index in [1.807, 2.05) is 0 Å². The maximum atomic E-state index is 9.32. The second-order valence-electron chi connectivity index (χ2n) is 0.976. The normalized spacial score (nSPS) is 12.4. The first-order valence-electron chi connectivity index (χ1n) is 1.46. The summed E-state index contributed by atoms with van der Waals surface area (Å²) in [5.74, 6) is 0. The van der Waals surface area contributed by atoms with Crippen LogP contribution >= 0.6 is 15.6 Å². The summed E-state index contributed by atoms with van der Waals surface area (Å²) in [6.45, 7) is 0. The molecular formula is CoO7P2-4. The molecular weight excluding hydrogens is 233 g/mol. The molecule has 0 fully saturated rings. The topological polar surface area (TPSA) is 136 Å². The minimum absolute atomic E-state index is 0. The van der Waals surface area contributed by atoms with Gasteiger partial charge < -0.3 is 33.0 Å². The summed E-state index contributed by atoms with van der Waals surface area (Å²) in [7, 11) is -11.4. The van der Waals surface area contributed by atoms with E-state index in [1.54, 1.807) is 0 Å². The second kappa shape index (κ2) is 3.96. The summed E-state index contributed by atoms with van der Waals surface area (Å²) >= 11 is 0. The SMILES string of the molecule is O=P([O-])([O-])OP(=O)([O-])[O-].[Co]. The van der Waals surface area contributed by atoms with Crippen LogP contribution in [0.15, 0.2) is 0 Å². The monoisotopic (exact) mass is 233 g/mol. The molecule has 0 heterocycles. The Kier molecular flexibility index (Phi) is 5.29. The molecule has 0 atom stereocenters. The van der Waals surface area contributed by atoms with Gasteiger partial charge in [-0.1, -0.05) is 0 Å². The van der Waals surface area contributed by atoms with Gasteiger partial charge in [0, 0.05) is 16.8 Å². The van der Waals surface area contributed by atoms with Crippen LogP contribution in [0, 0.1) is 0 Å². The molecule has 0 unspecified atom stereocenters. The molecule has 0 saturated heterocycles. The van der Waals surface area contributed by atoms with Crippen molar-refractivity contribution in [2.75, 3.05) is 0 Å². The van der Waals surface area contributed by atoms with Crippen molar-refractivity contribution in [2.24, 2.45) is 0 Å². The van der Waals surface area contributed by atoms with Crippen LogP contribution < -0.4 is 19.6 Å². The van der Waals surface area contributed by atoms with Crippen molar-refractivity contribution < 1.29 is 49.8 Å². The Hall–Kier alpha value is 0.766. The second-order valence-corrected chi connectivity index (χ2v) is 3.42. The number of hydrogen-bond acceptors (Lipinski definition) is 7. The minimum atomic E-state index is -5.68. The van der Waals surface area contributed by atoms with Crippen LogP contribution in [-0.2, 0) is 30.2 Å². The molecule has 0 aliphatic carbocycles. The molecule has 65 valence electrons. The summed E-state index contributed by atoms with van der Waals surface area (Å²) in [5, 5.41) is 0. The predicted molar refractivity (Wildman–Crippen MR) is 16.3 cm³/mol. The molecule has 0 amide bonds. The number of phosphoric acid groups is 2. The molecule has 7 nitrogen and oxygen atoms in total. The first kappa shape index (κ1) is 13.4. The molecule has 0 saturated carbocycles. The maximum Gasteiger partial charge on any atom is 0.0655 e. The van der Waals surface area contributed by atoms with E-state index in [4.69, 9.17) is 0 Å². The van der Waals surface area contributed by atoms with Crippen molar-refractivity contribution in [3.05, 3.63) is 0 Å². The van der Waals surface area contributed by atoms with E-state index in [0.29, 0.717) is 0 Å². The van der Waals surface area contributed by atoms with Gasteiger partial charge in [0.1, 0.15) is 0 Å². The van der Waals surface area contributed by atoms with E-state index in [0.717, 1.165) is 0 Å². The van der Waals surface area contributed by atoms with Crippen LogP contribution in [0.25, 0.3) is 0 Å². The molecule has 10 heteroatoms. The van der Waals surface area contributed by atoms with E-state index >= 15 is 0 Å². The maximum absolute atomic E-state index is 9.32. The van der Waals surface area contributed by atoms with E-state index < -0.39 is 15.6 Å². The van der Waals surface area contributed by atoms with Crippen LogP contribution in [0.1, 0.15) is 0 Å². The fourth-order valence-corrected chi connectivity index (χ4v) is 1.10. The molecule has 0 aromatic heterocycles. The molecule has 0 aliphatic heterocycles. The molecule has 0 spiro atoms. The Morgan fingerprint density at radius 1 is 0.900 bits per heavy atom. The minimum Gasteiger partial charge on any atom is -0.790 e. The van der Waals surface area contributed by atoms with E-state index in [9.17, 15) is 28.7 Å². The zero-order valence-corrected chi connectivity index (χ0v) is 6.92. The van der Waals surface area contributed by atoms with Gasteiger partial charge in [-0.25, -0.2) is 0 Å². The average Bonchev–Trinajstić information content (AvgIpc) is 1.14. The van der Waals surface area contributed by atoms with Crippen molar-refractivity contribution in [2.45, 2.75) is 0 Å². The van der Waals surface area contributed by atoms with Gasteiger partial charge in [-0.15, -0.1) is 0 Å². The van der Waals surface area contributed by atoms with Crippen LogP contribution in [0.2, 0.25) is 0 Å². The Bertz CT molecular complexity index is 152.